The number of aromatic amines is 1. The number of benzene rings is 1. The number of fused-ring (bicyclic) bond motifs is 1. The second-order valence-corrected chi connectivity index (χ2v) is 4.36. The van der Waals surface area contributed by atoms with Crippen LogP contribution in [0.2, 0.25) is 0 Å². The summed E-state index contributed by atoms with van der Waals surface area (Å²) in [5.41, 5.74) is 6.77. The highest BCUT2D eigenvalue weighted by atomic mass is 16.2. The molecule has 21 heavy (non-hydrogen) atoms. The fraction of sp³-hybridized carbons (Fsp3) is 0. The van der Waals surface area contributed by atoms with Gasteiger partial charge in [0.1, 0.15) is 0 Å². The van der Waals surface area contributed by atoms with Crippen molar-refractivity contribution in [3.05, 3.63) is 54.0 Å². The first kappa shape index (κ1) is 12.8. The van der Waals surface area contributed by atoms with E-state index in [1.807, 2.05) is 0 Å². The van der Waals surface area contributed by atoms with Gasteiger partial charge in [0.05, 0.1) is 22.2 Å². The van der Waals surface area contributed by atoms with Gasteiger partial charge in [0.25, 0.3) is 11.8 Å². The van der Waals surface area contributed by atoms with Crippen LogP contribution in [0.3, 0.4) is 0 Å². The third kappa shape index (κ3) is 2.32. The second-order valence-electron chi connectivity index (χ2n) is 4.36. The summed E-state index contributed by atoms with van der Waals surface area (Å²) >= 11 is 0. The van der Waals surface area contributed by atoms with E-state index in [1.54, 1.807) is 42.7 Å². The van der Waals surface area contributed by atoms with E-state index < -0.39 is 11.8 Å². The molecule has 2 amide bonds. The standard InChI is InChI=1S/C14H11N5O2/c15-13(20)8-3-1-2-4-10(8)17-14(21)12-9-7-16-6-5-11(9)18-19-12/h1-7H,(H2,15,20)(H,17,21)(H,18,19). The number of carbonyl (C=O) groups excluding carboxylic acids is 2. The minimum Gasteiger partial charge on any atom is -0.366 e. The third-order valence-electron chi connectivity index (χ3n) is 3.02. The Morgan fingerprint density at radius 2 is 2.00 bits per heavy atom. The zero-order valence-electron chi connectivity index (χ0n) is 10.8. The molecule has 0 aliphatic carbocycles. The van der Waals surface area contributed by atoms with E-state index >= 15 is 0 Å². The number of nitrogens with one attached hydrogen (secondary N) is 2. The van der Waals surface area contributed by atoms with E-state index in [9.17, 15) is 9.59 Å². The average Bonchev–Trinajstić information content (AvgIpc) is 2.91. The largest absolute Gasteiger partial charge is 0.366 e. The maximum Gasteiger partial charge on any atom is 0.276 e. The van der Waals surface area contributed by atoms with Crippen LogP contribution < -0.4 is 11.1 Å². The Balaban J connectivity index is 1.96. The molecule has 7 heteroatoms. The van der Waals surface area contributed by atoms with E-state index in [-0.39, 0.29) is 11.3 Å². The Morgan fingerprint density at radius 3 is 2.81 bits per heavy atom. The van der Waals surface area contributed by atoms with Crippen LogP contribution in [0.15, 0.2) is 42.7 Å². The van der Waals surface area contributed by atoms with Gasteiger partial charge in [0.15, 0.2) is 5.69 Å². The molecule has 0 aliphatic rings. The lowest BCUT2D eigenvalue weighted by atomic mass is 10.1. The van der Waals surface area contributed by atoms with Crippen molar-refractivity contribution in [2.75, 3.05) is 5.32 Å². The predicted molar refractivity (Wildman–Crippen MR) is 76.8 cm³/mol. The Kier molecular flexibility index (Phi) is 3.07. The molecule has 104 valence electrons. The van der Waals surface area contributed by atoms with Gasteiger partial charge >= 0.3 is 0 Å². The summed E-state index contributed by atoms with van der Waals surface area (Å²) < 4.78 is 0. The van der Waals surface area contributed by atoms with Crippen molar-refractivity contribution >= 4 is 28.4 Å². The van der Waals surface area contributed by atoms with Gasteiger partial charge in [0, 0.05) is 12.4 Å². The maximum atomic E-state index is 12.3. The highest BCUT2D eigenvalue weighted by Crippen LogP contribution is 2.18. The van der Waals surface area contributed by atoms with Crippen LogP contribution in [0.1, 0.15) is 20.8 Å². The number of hydrogen-bond donors (Lipinski definition) is 3. The zero-order chi connectivity index (χ0) is 14.8. The van der Waals surface area contributed by atoms with E-state index in [0.29, 0.717) is 16.6 Å². The summed E-state index contributed by atoms with van der Waals surface area (Å²) in [7, 11) is 0. The molecule has 0 fully saturated rings. The van der Waals surface area contributed by atoms with Crippen molar-refractivity contribution < 1.29 is 9.59 Å². The fourth-order valence-electron chi connectivity index (χ4n) is 2.02. The van der Waals surface area contributed by atoms with Gasteiger partial charge in [-0.1, -0.05) is 12.1 Å². The molecule has 0 aliphatic heterocycles. The van der Waals surface area contributed by atoms with Crippen molar-refractivity contribution in [3.8, 4) is 0 Å². The Labute approximate surface area is 119 Å². The van der Waals surface area contributed by atoms with Crippen molar-refractivity contribution in [2.24, 2.45) is 5.73 Å². The topological polar surface area (TPSA) is 114 Å². The van der Waals surface area contributed by atoms with Gasteiger partial charge in [-0.25, -0.2) is 0 Å². The fourth-order valence-corrected chi connectivity index (χ4v) is 2.02. The lowest BCUT2D eigenvalue weighted by molar-refractivity contribution is 0.100. The van der Waals surface area contributed by atoms with Gasteiger partial charge < -0.3 is 11.1 Å². The van der Waals surface area contributed by atoms with E-state index in [4.69, 9.17) is 5.73 Å². The molecule has 3 aromatic rings. The molecule has 0 spiro atoms. The zero-order valence-corrected chi connectivity index (χ0v) is 10.8. The number of carbonyl (C=O) groups is 2. The second kappa shape index (κ2) is 5.04. The molecule has 2 heterocycles. The Hall–Kier alpha value is -3.22. The number of pyridine rings is 1. The van der Waals surface area contributed by atoms with E-state index in [0.717, 1.165) is 0 Å². The van der Waals surface area contributed by atoms with E-state index in [2.05, 4.69) is 20.5 Å². The first-order chi connectivity index (χ1) is 10.2. The number of nitrogens with two attached hydrogens (primary N) is 1. The molecule has 0 radical (unpaired) electrons. The molecule has 0 saturated heterocycles. The van der Waals surface area contributed by atoms with Crippen LogP contribution in [0, 0.1) is 0 Å². The van der Waals surface area contributed by atoms with Gasteiger partial charge in [-0.3, -0.25) is 19.7 Å². The van der Waals surface area contributed by atoms with Crippen LogP contribution in [0.4, 0.5) is 5.69 Å². The molecule has 7 nitrogen and oxygen atoms in total. The first-order valence-electron chi connectivity index (χ1n) is 6.15. The number of para-hydroxylation sites is 1. The molecule has 0 bridgehead atoms. The number of rotatable bonds is 3. The summed E-state index contributed by atoms with van der Waals surface area (Å²) in [6.07, 6.45) is 3.15. The quantitative estimate of drug-likeness (QED) is 0.671. The monoisotopic (exact) mass is 281 g/mol. The van der Waals surface area contributed by atoms with Crippen LogP contribution in [0.25, 0.3) is 10.9 Å². The van der Waals surface area contributed by atoms with Gasteiger partial charge in [-0.15, -0.1) is 0 Å². The SMILES string of the molecule is NC(=O)c1ccccc1NC(=O)c1n[nH]c2ccncc12. The summed E-state index contributed by atoms with van der Waals surface area (Å²) in [6, 6.07) is 8.24. The third-order valence-corrected chi connectivity index (χ3v) is 3.02. The number of H-pyrrole nitrogens is 1. The van der Waals surface area contributed by atoms with Crippen molar-refractivity contribution in [1.29, 1.82) is 0 Å². The molecule has 3 rings (SSSR count). The van der Waals surface area contributed by atoms with Crippen LogP contribution in [0.5, 0.6) is 0 Å². The molecule has 2 aromatic heterocycles. The number of aromatic nitrogens is 3. The predicted octanol–water partition coefficient (Wildman–Crippen LogP) is 1.31. The summed E-state index contributed by atoms with van der Waals surface area (Å²) in [5.74, 6) is -1.05. The molecule has 0 unspecified atom stereocenters. The van der Waals surface area contributed by atoms with Gasteiger partial charge in [0.2, 0.25) is 0 Å². The van der Waals surface area contributed by atoms with Crippen molar-refractivity contribution in [1.82, 2.24) is 15.2 Å². The number of hydrogen-bond acceptors (Lipinski definition) is 4. The minimum absolute atomic E-state index is 0.206. The Bertz CT molecular complexity index is 840. The summed E-state index contributed by atoms with van der Waals surface area (Å²) in [5, 5.41) is 9.96. The average molecular weight is 281 g/mol. The number of primary amides is 1. The van der Waals surface area contributed by atoms with Crippen molar-refractivity contribution in [2.45, 2.75) is 0 Å². The highest BCUT2D eigenvalue weighted by Gasteiger charge is 2.16. The lowest BCUT2D eigenvalue weighted by Crippen LogP contribution is -2.18. The normalized spacial score (nSPS) is 10.5. The highest BCUT2D eigenvalue weighted by molar-refractivity contribution is 6.13. The van der Waals surface area contributed by atoms with Crippen LogP contribution in [-0.2, 0) is 0 Å². The van der Waals surface area contributed by atoms with Gasteiger partial charge in [-0.05, 0) is 18.2 Å². The molecule has 0 saturated carbocycles. The summed E-state index contributed by atoms with van der Waals surface area (Å²) in [4.78, 5) is 27.6. The number of amides is 2. The lowest BCUT2D eigenvalue weighted by Gasteiger charge is -2.07. The first-order valence-corrected chi connectivity index (χ1v) is 6.15. The number of anilines is 1. The molecule has 4 N–H and O–H groups in total. The maximum absolute atomic E-state index is 12.3. The van der Waals surface area contributed by atoms with Gasteiger partial charge in [-0.2, -0.15) is 5.10 Å². The summed E-state index contributed by atoms with van der Waals surface area (Å²) in [6.45, 7) is 0. The molecular formula is C14H11N5O2. The molecule has 1 aromatic carbocycles. The minimum atomic E-state index is -0.612. The van der Waals surface area contributed by atoms with Crippen LogP contribution in [-0.4, -0.2) is 27.0 Å². The smallest absolute Gasteiger partial charge is 0.276 e. The number of nitrogens with zero attached hydrogens (tertiary/aromatic N) is 2. The van der Waals surface area contributed by atoms with Crippen LogP contribution >= 0.6 is 0 Å². The van der Waals surface area contributed by atoms with Crippen molar-refractivity contribution in [3.63, 3.8) is 0 Å². The molecule has 0 atom stereocenters. The Morgan fingerprint density at radius 1 is 1.19 bits per heavy atom. The molecular weight excluding hydrogens is 270 g/mol. The van der Waals surface area contributed by atoms with E-state index in [1.165, 1.54) is 0 Å².